The summed E-state index contributed by atoms with van der Waals surface area (Å²) in [6.45, 7) is 4.51. The van der Waals surface area contributed by atoms with Crippen LogP contribution in [-0.4, -0.2) is 24.7 Å². The van der Waals surface area contributed by atoms with Gasteiger partial charge in [-0.05, 0) is 65.5 Å². The van der Waals surface area contributed by atoms with E-state index in [1.807, 2.05) is 12.1 Å². The number of rotatable bonds is 5. The summed E-state index contributed by atoms with van der Waals surface area (Å²) in [6.07, 6.45) is 3.65. The quantitative estimate of drug-likeness (QED) is 0.649. The molecule has 2 aromatic rings. The molecule has 1 unspecified atom stereocenters. The molecule has 0 saturated carbocycles. The van der Waals surface area contributed by atoms with Gasteiger partial charge in [0.15, 0.2) is 0 Å². The fourth-order valence-corrected chi connectivity index (χ4v) is 4.62. The van der Waals surface area contributed by atoms with Gasteiger partial charge in [-0.25, -0.2) is 0 Å². The number of alkyl halides is 1. The SMILES string of the molecule is CC1CN(C2CCc3cc(-c4ccc(CCCF)c(Cl)c4)ccc32)C1. The van der Waals surface area contributed by atoms with Crippen molar-refractivity contribution in [2.24, 2.45) is 5.92 Å². The van der Waals surface area contributed by atoms with Crippen LogP contribution in [0.1, 0.15) is 42.5 Å². The molecule has 3 heteroatoms. The van der Waals surface area contributed by atoms with Crippen LogP contribution in [0.5, 0.6) is 0 Å². The zero-order valence-electron chi connectivity index (χ0n) is 14.8. The lowest BCUT2D eigenvalue weighted by Gasteiger charge is -2.42. The Balaban J connectivity index is 1.55. The highest BCUT2D eigenvalue weighted by atomic mass is 35.5. The number of nitrogens with zero attached hydrogens (tertiary/aromatic N) is 1. The third kappa shape index (κ3) is 3.35. The van der Waals surface area contributed by atoms with E-state index in [4.69, 9.17) is 11.6 Å². The number of likely N-dealkylation sites (tertiary alicyclic amines) is 1. The third-order valence-electron chi connectivity index (χ3n) is 5.69. The van der Waals surface area contributed by atoms with E-state index in [2.05, 4.69) is 36.1 Å². The van der Waals surface area contributed by atoms with Crippen LogP contribution in [0, 0.1) is 5.92 Å². The van der Waals surface area contributed by atoms with Crippen molar-refractivity contribution in [3.05, 3.63) is 58.1 Å². The molecular weight excluding hydrogens is 333 g/mol. The van der Waals surface area contributed by atoms with Gasteiger partial charge < -0.3 is 0 Å². The minimum atomic E-state index is -0.292. The molecule has 0 bridgehead atoms. The van der Waals surface area contributed by atoms with Crippen molar-refractivity contribution in [2.45, 2.75) is 38.6 Å². The van der Waals surface area contributed by atoms with Crippen molar-refractivity contribution in [3.8, 4) is 11.1 Å². The molecule has 1 heterocycles. The molecule has 0 spiro atoms. The maximum absolute atomic E-state index is 12.4. The first-order valence-electron chi connectivity index (χ1n) is 9.37. The van der Waals surface area contributed by atoms with Crippen LogP contribution in [0.4, 0.5) is 4.39 Å². The fourth-order valence-electron chi connectivity index (χ4n) is 4.34. The van der Waals surface area contributed by atoms with Crippen LogP contribution in [0.2, 0.25) is 5.02 Å². The van der Waals surface area contributed by atoms with E-state index in [-0.39, 0.29) is 6.67 Å². The van der Waals surface area contributed by atoms with Crippen molar-refractivity contribution in [2.75, 3.05) is 19.8 Å². The highest BCUT2D eigenvalue weighted by Crippen LogP contribution is 2.41. The number of benzene rings is 2. The Morgan fingerprint density at radius 1 is 1.12 bits per heavy atom. The first kappa shape index (κ1) is 17.1. The molecule has 1 aliphatic heterocycles. The van der Waals surface area contributed by atoms with Gasteiger partial charge in [0.1, 0.15) is 0 Å². The Morgan fingerprint density at radius 2 is 1.88 bits per heavy atom. The zero-order chi connectivity index (χ0) is 17.4. The molecule has 4 rings (SSSR count). The van der Waals surface area contributed by atoms with E-state index in [9.17, 15) is 4.39 Å². The topological polar surface area (TPSA) is 3.24 Å². The average molecular weight is 358 g/mol. The number of halogens is 2. The van der Waals surface area contributed by atoms with Crippen LogP contribution < -0.4 is 0 Å². The molecular formula is C22H25ClFN. The molecule has 0 aromatic heterocycles. The minimum Gasteiger partial charge on any atom is -0.296 e. The van der Waals surface area contributed by atoms with Crippen LogP contribution in [0.3, 0.4) is 0 Å². The van der Waals surface area contributed by atoms with E-state index in [1.54, 1.807) is 0 Å². The van der Waals surface area contributed by atoms with Crippen LogP contribution >= 0.6 is 11.6 Å². The maximum atomic E-state index is 12.4. The number of hydrogen-bond donors (Lipinski definition) is 0. The summed E-state index contributed by atoms with van der Waals surface area (Å²) in [4.78, 5) is 2.62. The molecule has 1 saturated heterocycles. The van der Waals surface area contributed by atoms with Gasteiger partial charge in [0.25, 0.3) is 0 Å². The Bertz CT molecular complexity index is 767. The van der Waals surface area contributed by atoms with E-state index < -0.39 is 0 Å². The lowest BCUT2D eigenvalue weighted by molar-refractivity contribution is 0.0624. The van der Waals surface area contributed by atoms with Crippen LogP contribution in [-0.2, 0) is 12.8 Å². The Kier molecular flexibility index (Phi) is 4.84. The molecule has 1 aliphatic carbocycles. The van der Waals surface area contributed by atoms with Crippen molar-refractivity contribution < 1.29 is 4.39 Å². The smallest absolute Gasteiger partial charge is 0.0897 e. The fraction of sp³-hybridized carbons (Fsp3) is 0.455. The first-order chi connectivity index (χ1) is 12.2. The van der Waals surface area contributed by atoms with E-state index >= 15 is 0 Å². The molecule has 1 fully saturated rings. The molecule has 2 aromatic carbocycles. The van der Waals surface area contributed by atoms with Crippen molar-refractivity contribution in [3.63, 3.8) is 0 Å². The molecule has 0 amide bonds. The largest absolute Gasteiger partial charge is 0.296 e. The number of fused-ring (bicyclic) bond motifs is 1. The van der Waals surface area contributed by atoms with Crippen molar-refractivity contribution in [1.29, 1.82) is 0 Å². The van der Waals surface area contributed by atoms with Gasteiger partial charge in [-0.2, -0.15) is 0 Å². The standard InChI is InChI=1S/C22H25ClFN/c1-15-13-25(14-15)22-9-7-19-11-17(6-8-20(19)22)18-5-4-16(3-2-10-24)21(23)12-18/h4-6,8,11-12,15,22H,2-3,7,9-10,13-14H2,1H3. The lowest BCUT2D eigenvalue weighted by atomic mass is 9.95. The summed E-state index contributed by atoms with van der Waals surface area (Å²) in [7, 11) is 0. The Morgan fingerprint density at radius 3 is 2.60 bits per heavy atom. The summed E-state index contributed by atoms with van der Waals surface area (Å²) in [5, 5.41) is 0.749. The van der Waals surface area contributed by atoms with E-state index in [1.165, 1.54) is 42.6 Å². The zero-order valence-corrected chi connectivity index (χ0v) is 15.5. The summed E-state index contributed by atoms with van der Waals surface area (Å²) in [5.41, 5.74) is 6.42. The second-order valence-corrected chi connectivity index (χ2v) is 8.03. The predicted molar refractivity (Wildman–Crippen MR) is 103 cm³/mol. The Labute approximate surface area is 154 Å². The summed E-state index contributed by atoms with van der Waals surface area (Å²) in [5.74, 6) is 0.848. The average Bonchev–Trinajstić information content (AvgIpc) is 3.00. The maximum Gasteiger partial charge on any atom is 0.0897 e. The molecule has 25 heavy (non-hydrogen) atoms. The summed E-state index contributed by atoms with van der Waals surface area (Å²) in [6, 6.07) is 13.7. The monoisotopic (exact) mass is 357 g/mol. The van der Waals surface area contributed by atoms with Gasteiger partial charge in [0, 0.05) is 24.2 Å². The molecule has 2 aliphatic rings. The molecule has 1 nitrogen and oxygen atoms in total. The summed E-state index contributed by atoms with van der Waals surface area (Å²) >= 11 is 6.41. The van der Waals surface area contributed by atoms with E-state index in [0.29, 0.717) is 18.9 Å². The number of aryl methyl sites for hydroxylation is 2. The van der Waals surface area contributed by atoms with E-state index in [0.717, 1.165) is 22.1 Å². The Hall–Kier alpha value is -1.38. The lowest BCUT2D eigenvalue weighted by Crippen LogP contribution is -2.46. The highest BCUT2D eigenvalue weighted by molar-refractivity contribution is 6.31. The highest BCUT2D eigenvalue weighted by Gasteiger charge is 2.34. The van der Waals surface area contributed by atoms with Crippen molar-refractivity contribution in [1.82, 2.24) is 4.90 Å². The predicted octanol–water partition coefficient (Wildman–Crippen LogP) is 5.85. The second kappa shape index (κ2) is 7.09. The van der Waals surface area contributed by atoms with Gasteiger partial charge >= 0.3 is 0 Å². The van der Waals surface area contributed by atoms with Crippen molar-refractivity contribution >= 4 is 11.6 Å². The summed E-state index contributed by atoms with van der Waals surface area (Å²) < 4.78 is 12.4. The van der Waals surface area contributed by atoms with Gasteiger partial charge in [-0.3, -0.25) is 9.29 Å². The van der Waals surface area contributed by atoms with Gasteiger partial charge in [0.05, 0.1) is 6.67 Å². The normalized spacial score (nSPS) is 20.5. The van der Waals surface area contributed by atoms with Crippen LogP contribution in [0.15, 0.2) is 36.4 Å². The first-order valence-corrected chi connectivity index (χ1v) is 9.75. The second-order valence-electron chi connectivity index (χ2n) is 7.63. The molecule has 1 atom stereocenters. The van der Waals surface area contributed by atoms with Gasteiger partial charge in [0.2, 0.25) is 0 Å². The van der Waals surface area contributed by atoms with Crippen LogP contribution in [0.25, 0.3) is 11.1 Å². The molecule has 0 radical (unpaired) electrons. The van der Waals surface area contributed by atoms with Gasteiger partial charge in [-0.15, -0.1) is 0 Å². The number of hydrogen-bond acceptors (Lipinski definition) is 1. The molecule has 0 N–H and O–H groups in total. The minimum absolute atomic E-state index is 0.292. The molecule has 132 valence electrons. The third-order valence-corrected chi connectivity index (χ3v) is 6.04. The van der Waals surface area contributed by atoms with Gasteiger partial charge in [-0.1, -0.05) is 48.9 Å².